The third-order valence-electron chi connectivity index (χ3n) is 3.55. The Kier molecular flexibility index (Phi) is 4.08. The van der Waals surface area contributed by atoms with E-state index in [1.807, 2.05) is 11.8 Å². The number of amides is 1. The fourth-order valence-electron chi connectivity index (χ4n) is 2.38. The summed E-state index contributed by atoms with van der Waals surface area (Å²) in [6.45, 7) is 2.38. The van der Waals surface area contributed by atoms with Gasteiger partial charge in [-0.25, -0.2) is 4.98 Å². The molecule has 0 radical (unpaired) electrons. The Morgan fingerprint density at radius 3 is 2.85 bits per heavy atom. The summed E-state index contributed by atoms with van der Waals surface area (Å²) >= 11 is 5.83. The number of pyridine rings is 1. The smallest absolute Gasteiger partial charge is 0.276 e. The number of aromatic nitrogens is 1. The molecule has 20 heavy (non-hydrogen) atoms. The minimum Gasteiger partial charge on any atom is -0.369 e. The molecule has 1 saturated heterocycles. The molecule has 1 aromatic heterocycles. The summed E-state index contributed by atoms with van der Waals surface area (Å²) in [6, 6.07) is 2.69. The van der Waals surface area contributed by atoms with Crippen molar-refractivity contribution in [2.75, 3.05) is 11.4 Å². The third kappa shape index (κ3) is 2.98. The number of piperidine rings is 1. The van der Waals surface area contributed by atoms with Crippen LogP contribution in [-0.4, -0.2) is 28.4 Å². The van der Waals surface area contributed by atoms with Crippen molar-refractivity contribution in [1.82, 2.24) is 4.98 Å². The first-order valence-electron chi connectivity index (χ1n) is 6.26. The Balaban J connectivity index is 2.33. The topological polar surface area (TPSA) is 102 Å². The predicted octanol–water partition coefficient (Wildman–Crippen LogP) is 1.73. The van der Waals surface area contributed by atoms with Crippen molar-refractivity contribution < 1.29 is 9.72 Å². The second-order valence-electron chi connectivity index (χ2n) is 4.94. The summed E-state index contributed by atoms with van der Waals surface area (Å²) in [4.78, 5) is 27.6. The summed E-state index contributed by atoms with van der Waals surface area (Å²) in [7, 11) is 0. The van der Waals surface area contributed by atoms with Gasteiger partial charge in [0.15, 0.2) is 0 Å². The monoisotopic (exact) mass is 298 g/mol. The van der Waals surface area contributed by atoms with Crippen molar-refractivity contribution in [3.63, 3.8) is 0 Å². The van der Waals surface area contributed by atoms with E-state index in [1.54, 1.807) is 0 Å². The lowest BCUT2D eigenvalue weighted by atomic mass is 9.93. The van der Waals surface area contributed by atoms with Gasteiger partial charge < -0.3 is 10.6 Å². The van der Waals surface area contributed by atoms with Gasteiger partial charge in [0.05, 0.1) is 23.0 Å². The molecule has 1 aliphatic heterocycles. The quantitative estimate of drug-likeness (QED) is 0.520. The van der Waals surface area contributed by atoms with E-state index in [0.29, 0.717) is 12.4 Å². The first-order chi connectivity index (χ1) is 9.38. The SMILES string of the molecule is CC1CCC(C(N)=O)CN1c1cc([N+](=O)[O-])cc(Cl)n1. The second kappa shape index (κ2) is 5.62. The molecule has 0 aromatic carbocycles. The van der Waals surface area contributed by atoms with Crippen LogP contribution in [0.4, 0.5) is 11.5 Å². The predicted molar refractivity (Wildman–Crippen MR) is 74.6 cm³/mol. The van der Waals surface area contributed by atoms with Crippen molar-refractivity contribution in [2.45, 2.75) is 25.8 Å². The number of carbonyl (C=O) groups excluding carboxylic acids is 1. The standard InChI is InChI=1S/C12H15ClN4O3/c1-7-2-3-8(12(14)18)6-16(7)11-5-9(17(19)20)4-10(13)15-11/h4-5,7-8H,2-3,6H2,1H3,(H2,14,18). The van der Waals surface area contributed by atoms with Crippen LogP contribution in [0.2, 0.25) is 5.15 Å². The number of hydrogen-bond donors (Lipinski definition) is 1. The van der Waals surface area contributed by atoms with Gasteiger partial charge in [-0.05, 0) is 19.8 Å². The maximum absolute atomic E-state index is 11.3. The molecule has 7 nitrogen and oxygen atoms in total. The maximum Gasteiger partial charge on any atom is 0.276 e. The van der Waals surface area contributed by atoms with E-state index in [-0.39, 0.29) is 28.7 Å². The molecule has 1 aromatic rings. The number of nitrogens with two attached hydrogens (primary N) is 1. The summed E-state index contributed by atoms with van der Waals surface area (Å²) in [5.41, 5.74) is 5.22. The van der Waals surface area contributed by atoms with E-state index in [2.05, 4.69) is 4.98 Å². The number of carbonyl (C=O) groups is 1. The molecule has 1 fully saturated rings. The summed E-state index contributed by atoms with van der Waals surface area (Å²) in [5, 5.41) is 10.9. The summed E-state index contributed by atoms with van der Waals surface area (Å²) in [6.07, 6.45) is 1.49. The molecule has 1 amide bonds. The Labute approximate surface area is 120 Å². The minimum absolute atomic E-state index is 0.0580. The van der Waals surface area contributed by atoms with Gasteiger partial charge in [0.1, 0.15) is 11.0 Å². The number of halogens is 1. The molecule has 2 unspecified atom stereocenters. The lowest BCUT2D eigenvalue weighted by Crippen LogP contribution is -2.46. The van der Waals surface area contributed by atoms with Crippen molar-refractivity contribution >= 4 is 29.0 Å². The van der Waals surface area contributed by atoms with Crippen molar-refractivity contribution in [3.8, 4) is 0 Å². The highest BCUT2D eigenvalue weighted by molar-refractivity contribution is 6.29. The van der Waals surface area contributed by atoms with Crippen LogP contribution in [0, 0.1) is 16.0 Å². The highest BCUT2D eigenvalue weighted by Crippen LogP contribution is 2.30. The number of rotatable bonds is 3. The number of hydrogen-bond acceptors (Lipinski definition) is 5. The Morgan fingerprint density at radius 1 is 1.55 bits per heavy atom. The lowest BCUT2D eigenvalue weighted by Gasteiger charge is -2.37. The molecule has 2 rings (SSSR count). The first kappa shape index (κ1) is 14.5. The molecule has 0 saturated carbocycles. The average molecular weight is 299 g/mol. The zero-order valence-electron chi connectivity index (χ0n) is 11.0. The van der Waals surface area contributed by atoms with E-state index in [4.69, 9.17) is 17.3 Å². The third-order valence-corrected chi connectivity index (χ3v) is 3.75. The van der Waals surface area contributed by atoms with Crippen LogP contribution in [0.5, 0.6) is 0 Å². The van der Waals surface area contributed by atoms with Gasteiger partial charge >= 0.3 is 0 Å². The van der Waals surface area contributed by atoms with E-state index in [0.717, 1.165) is 12.8 Å². The van der Waals surface area contributed by atoms with Gasteiger partial charge in [-0.1, -0.05) is 11.6 Å². The molecule has 2 atom stereocenters. The number of anilines is 1. The van der Waals surface area contributed by atoms with E-state index in [1.165, 1.54) is 12.1 Å². The summed E-state index contributed by atoms with van der Waals surface area (Å²) < 4.78 is 0. The molecular weight excluding hydrogens is 284 g/mol. The van der Waals surface area contributed by atoms with Gasteiger partial charge in [-0.3, -0.25) is 14.9 Å². The lowest BCUT2D eigenvalue weighted by molar-refractivity contribution is -0.384. The second-order valence-corrected chi connectivity index (χ2v) is 5.33. The highest BCUT2D eigenvalue weighted by Gasteiger charge is 2.30. The van der Waals surface area contributed by atoms with Crippen LogP contribution < -0.4 is 10.6 Å². The molecule has 2 heterocycles. The van der Waals surface area contributed by atoms with E-state index < -0.39 is 4.92 Å². The number of nitro groups is 1. The highest BCUT2D eigenvalue weighted by atomic mass is 35.5. The van der Waals surface area contributed by atoms with Crippen LogP contribution >= 0.6 is 11.6 Å². The van der Waals surface area contributed by atoms with Gasteiger partial charge in [0, 0.05) is 12.6 Å². The zero-order chi connectivity index (χ0) is 14.9. The van der Waals surface area contributed by atoms with E-state index in [9.17, 15) is 14.9 Å². The fourth-order valence-corrected chi connectivity index (χ4v) is 2.58. The average Bonchev–Trinajstić information content (AvgIpc) is 2.38. The molecule has 1 aliphatic rings. The Bertz CT molecular complexity index is 552. The normalized spacial score (nSPS) is 22.6. The zero-order valence-corrected chi connectivity index (χ0v) is 11.7. The summed E-state index contributed by atoms with van der Waals surface area (Å²) in [5.74, 6) is -0.230. The molecule has 2 N–H and O–H groups in total. The number of primary amides is 1. The van der Waals surface area contributed by atoms with E-state index >= 15 is 0 Å². The molecular formula is C12H15ClN4O3. The van der Waals surface area contributed by atoms with Crippen LogP contribution in [0.1, 0.15) is 19.8 Å². The Hall–Kier alpha value is -1.89. The van der Waals surface area contributed by atoms with Crippen LogP contribution in [-0.2, 0) is 4.79 Å². The van der Waals surface area contributed by atoms with Crippen LogP contribution in [0.25, 0.3) is 0 Å². The molecule has 108 valence electrons. The van der Waals surface area contributed by atoms with Crippen molar-refractivity contribution in [2.24, 2.45) is 11.7 Å². The van der Waals surface area contributed by atoms with Gasteiger partial charge in [0.25, 0.3) is 5.69 Å². The fraction of sp³-hybridized carbons (Fsp3) is 0.500. The van der Waals surface area contributed by atoms with Gasteiger partial charge in [-0.15, -0.1) is 0 Å². The Morgan fingerprint density at radius 2 is 2.25 bits per heavy atom. The molecule has 8 heteroatoms. The van der Waals surface area contributed by atoms with Crippen molar-refractivity contribution in [1.29, 1.82) is 0 Å². The first-order valence-corrected chi connectivity index (χ1v) is 6.64. The van der Waals surface area contributed by atoms with Gasteiger partial charge in [-0.2, -0.15) is 0 Å². The maximum atomic E-state index is 11.3. The number of nitrogens with zero attached hydrogens (tertiary/aromatic N) is 3. The molecule has 0 aliphatic carbocycles. The largest absolute Gasteiger partial charge is 0.369 e. The van der Waals surface area contributed by atoms with Crippen molar-refractivity contribution in [3.05, 3.63) is 27.4 Å². The van der Waals surface area contributed by atoms with Crippen LogP contribution in [0.3, 0.4) is 0 Å². The van der Waals surface area contributed by atoms with Crippen LogP contribution in [0.15, 0.2) is 12.1 Å². The molecule has 0 spiro atoms. The minimum atomic E-state index is -0.517. The molecule has 0 bridgehead atoms. The van der Waals surface area contributed by atoms with Gasteiger partial charge in [0.2, 0.25) is 5.91 Å².